The Labute approximate surface area is 303 Å². The summed E-state index contributed by atoms with van der Waals surface area (Å²) in [5.74, 6) is -0.979. The van der Waals surface area contributed by atoms with Gasteiger partial charge in [0.15, 0.2) is 22.9 Å². The molecule has 5 aromatic rings. The largest absolute Gasteiger partial charge is 0.497 e. The van der Waals surface area contributed by atoms with E-state index in [9.17, 15) is 14.2 Å². The lowest BCUT2D eigenvalue weighted by Gasteiger charge is -2.19. The summed E-state index contributed by atoms with van der Waals surface area (Å²) in [4.78, 5) is 29.1. The standard InChI is InChI=1S/C39H41N2O10P/c1-5-46-39(43)35-37(47-25-29-15-9-6-10-16-29)36(34(38(42)40(2)3)41(35)32-21-23-33(45-4)24-22-32)48-28-51-52(44,49-26-30-17-11-7-12-18-30)50-27-31-19-13-8-14-20-31/h6-24H,5,25-28H2,1-4H3. The van der Waals surface area contributed by atoms with Crippen LogP contribution in [0.25, 0.3) is 5.69 Å². The number of rotatable bonds is 18. The minimum Gasteiger partial charge on any atom is -0.497 e. The first-order chi connectivity index (χ1) is 25.2. The highest BCUT2D eigenvalue weighted by Gasteiger charge is 2.37. The van der Waals surface area contributed by atoms with Crippen LogP contribution in [0.1, 0.15) is 44.6 Å². The molecule has 1 amide bonds. The van der Waals surface area contributed by atoms with Crippen LogP contribution in [0.2, 0.25) is 0 Å². The lowest BCUT2D eigenvalue weighted by Crippen LogP contribution is -2.26. The summed E-state index contributed by atoms with van der Waals surface area (Å²) < 4.78 is 56.0. The van der Waals surface area contributed by atoms with Crippen molar-refractivity contribution in [2.24, 2.45) is 0 Å². The van der Waals surface area contributed by atoms with E-state index in [0.29, 0.717) is 11.4 Å². The fourth-order valence-electron chi connectivity index (χ4n) is 5.02. The van der Waals surface area contributed by atoms with Gasteiger partial charge in [0.25, 0.3) is 5.91 Å². The van der Waals surface area contributed by atoms with Crippen LogP contribution in [0.5, 0.6) is 17.2 Å². The number of nitrogens with zero attached hydrogens (tertiary/aromatic N) is 2. The molecule has 13 heteroatoms. The first-order valence-electron chi connectivity index (χ1n) is 16.5. The predicted octanol–water partition coefficient (Wildman–Crippen LogP) is 7.84. The monoisotopic (exact) mass is 728 g/mol. The second-order valence-electron chi connectivity index (χ2n) is 11.4. The molecule has 272 valence electrons. The summed E-state index contributed by atoms with van der Waals surface area (Å²) in [6.07, 6.45) is 0. The Morgan fingerprint density at radius 2 is 1.15 bits per heavy atom. The van der Waals surface area contributed by atoms with E-state index >= 15 is 0 Å². The van der Waals surface area contributed by atoms with Crippen molar-refractivity contribution in [3.05, 3.63) is 143 Å². The van der Waals surface area contributed by atoms with E-state index in [4.69, 9.17) is 32.5 Å². The van der Waals surface area contributed by atoms with E-state index in [1.807, 2.05) is 91.0 Å². The van der Waals surface area contributed by atoms with E-state index < -0.39 is 26.5 Å². The maximum Gasteiger partial charge on any atom is 0.478 e. The molecule has 0 aliphatic rings. The molecule has 0 radical (unpaired) electrons. The third-order valence-electron chi connectivity index (χ3n) is 7.60. The summed E-state index contributed by atoms with van der Waals surface area (Å²) in [6.45, 7) is 0.841. The number of carbonyl (C=O) groups excluding carboxylic acids is 2. The molecule has 0 saturated carbocycles. The van der Waals surface area contributed by atoms with Crippen LogP contribution in [0.3, 0.4) is 0 Å². The van der Waals surface area contributed by atoms with Crippen molar-refractivity contribution >= 4 is 19.7 Å². The van der Waals surface area contributed by atoms with Gasteiger partial charge >= 0.3 is 13.8 Å². The Morgan fingerprint density at radius 3 is 1.63 bits per heavy atom. The summed E-state index contributed by atoms with van der Waals surface area (Å²) in [7, 11) is 0.354. The van der Waals surface area contributed by atoms with Crippen molar-refractivity contribution in [1.82, 2.24) is 9.47 Å². The number of hydrogen-bond acceptors (Lipinski definition) is 10. The van der Waals surface area contributed by atoms with Crippen molar-refractivity contribution < 1.29 is 46.7 Å². The lowest BCUT2D eigenvalue weighted by atomic mass is 10.2. The highest BCUT2D eigenvalue weighted by Crippen LogP contribution is 2.51. The maximum absolute atomic E-state index is 14.1. The molecule has 5 rings (SSSR count). The molecule has 52 heavy (non-hydrogen) atoms. The number of phosphoric ester groups is 1. The molecule has 0 atom stereocenters. The van der Waals surface area contributed by atoms with Crippen molar-refractivity contribution in [1.29, 1.82) is 0 Å². The van der Waals surface area contributed by atoms with Gasteiger partial charge in [0, 0.05) is 19.8 Å². The number of phosphoric acid groups is 1. The van der Waals surface area contributed by atoms with E-state index in [1.165, 1.54) is 16.6 Å². The van der Waals surface area contributed by atoms with Gasteiger partial charge in [0.05, 0.1) is 26.9 Å². The summed E-state index contributed by atoms with van der Waals surface area (Å²) in [5.41, 5.74) is 2.49. The van der Waals surface area contributed by atoms with Gasteiger partial charge in [-0.1, -0.05) is 91.0 Å². The van der Waals surface area contributed by atoms with Crippen molar-refractivity contribution in [2.75, 3.05) is 34.6 Å². The molecule has 0 saturated heterocycles. The molecule has 0 fully saturated rings. The first-order valence-corrected chi connectivity index (χ1v) is 17.9. The van der Waals surface area contributed by atoms with Crippen LogP contribution in [0.15, 0.2) is 115 Å². The predicted molar refractivity (Wildman–Crippen MR) is 194 cm³/mol. The highest BCUT2D eigenvalue weighted by molar-refractivity contribution is 7.48. The van der Waals surface area contributed by atoms with Gasteiger partial charge in [-0.05, 0) is 47.9 Å². The van der Waals surface area contributed by atoms with E-state index in [2.05, 4.69) is 0 Å². The third-order valence-corrected chi connectivity index (χ3v) is 8.91. The molecule has 0 bridgehead atoms. The minimum absolute atomic E-state index is 0.00551. The summed E-state index contributed by atoms with van der Waals surface area (Å²) in [6, 6.07) is 34.3. The Morgan fingerprint density at radius 1 is 0.654 bits per heavy atom. The SMILES string of the molecule is CCOC(=O)c1c(OCc2ccccc2)c(OCOP(=O)(OCc2ccccc2)OCc2ccccc2)c(C(=O)N(C)C)n1-c1ccc(OC)cc1. The van der Waals surface area contributed by atoms with Crippen LogP contribution < -0.4 is 14.2 Å². The zero-order chi connectivity index (χ0) is 36.9. The zero-order valence-electron chi connectivity index (χ0n) is 29.4. The average Bonchev–Trinajstić information content (AvgIpc) is 3.50. The van der Waals surface area contributed by atoms with Crippen molar-refractivity contribution in [3.63, 3.8) is 0 Å². The Kier molecular flexibility index (Phi) is 13.3. The second kappa shape index (κ2) is 18.2. The smallest absolute Gasteiger partial charge is 0.478 e. The summed E-state index contributed by atoms with van der Waals surface area (Å²) >= 11 is 0. The molecule has 0 aliphatic heterocycles. The van der Waals surface area contributed by atoms with Crippen LogP contribution in [0, 0.1) is 0 Å². The Hall–Kier alpha value is -5.39. The highest BCUT2D eigenvalue weighted by atomic mass is 31.2. The Bertz CT molecular complexity index is 1900. The number of ether oxygens (including phenoxy) is 4. The fraction of sp³-hybridized carbons (Fsp3) is 0.231. The molecular weight excluding hydrogens is 687 g/mol. The van der Waals surface area contributed by atoms with Crippen LogP contribution in [0.4, 0.5) is 0 Å². The number of aromatic nitrogens is 1. The van der Waals surface area contributed by atoms with E-state index in [1.54, 1.807) is 45.3 Å². The molecule has 0 aliphatic carbocycles. The normalized spacial score (nSPS) is 11.2. The van der Waals surface area contributed by atoms with E-state index in [-0.39, 0.29) is 49.3 Å². The third kappa shape index (κ3) is 9.68. The van der Waals surface area contributed by atoms with E-state index in [0.717, 1.165) is 16.7 Å². The minimum atomic E-state index is -4.30. The molecular formula is C39H41N2O10P. The number of carbonyl (C=O) groups is 2. The van der Waals surface area contributed by atoms with Gasteiger partial charge in [-0.2, -0.15) is 0 Å². The molecule has 0 spiro atoms. The van der Waals surface area contributed by atoms with Crippen molar-refractivity contribution in [2.45, 2.75) is 26.7 Å². The zero-order valence-corrected chi connectivity index (χ0v) is 30.3. The number of methoxy groups -OCH3 is 1. The number of benzene rings is 4. The molecule has 0 unspecified atom stereocenters. The molecule has 1 aromatic heterocycles. The van der Waals surface area contributed by atoms with Crippen LogP contribution in [-0.2, 0) is 42.7 Å². The fourth-order valence-corrected chi connectivity index (χ4v) is 6.04. The van der Waals surface area contributed by atoms with Gasteiger partial charge in [-0.3, -0.25) is 18.4 Å². The Balaban J connectivity index is 1.57. The average molecular weight is 729 g/mol. The molecule has 1 heterocycles. The maximum atomic E-state index is 14.1. The molecule has 12 nitrogen and oxygen atoms in total. The number of hydrogen-bond donors (Lipinski definition) is 0. The summed E-state index contributed by atoms with van der Waals surface area (Å²) in [5, 5.41) is 0. The van der Waals surface area contributed by atoms with Crippen molar-refractivity contribution in [3.8, 4) is 22.9 Å². The number of esters is 1. The van der Waals surface area contributed by atoms with Gasteiger partial charge in [-0.25, -0.2) is 13.9 Å². The van der Waals surface area contributed by atoms with Crippen LogP contribution >= 0.6 is 7.82 Å². The molecule has 0 N–H and O–H groups in total. The quantitative estimate of drug-likeness (QED) is 0.0501. The lowest BCUT2D eigenvalue weighted by molar-refractivity contribution is 0.0413. The van der Waals surface area contributed by atoms with Gasteiger partial charge in [0.1, 0.15) is 12.4 Å². The van der Waals surface area contributed by atoms with Gasteiger partial charge in [0.2, 0.25) is 6.79 Å². The first kappa shape index (κ1) is 37.9. The topological polar surface area (TPSA) is 124 Å². The molecule has 4 aromatic carbocycles. The number of amides is 1. The van der Waals surface area contributed by atoms with Gasteiger partial charge in [-0.15, -0.1) is 0 Å². The second-order valence-corrected chi connectivity index (χ2v) is 13.1. The van der Waals surface area contributed by atoms with Gasteiger partial charge < -0.3 is 23.8 Å². The van der Waals surface area contributed by atoms with Crippen LogP contribution in [-0.4, -0.2) is 55.9 Å².